The summed E-state index contributed by atoms with van der Waals surface area (Å²) in [4.78, 5) is 0. The summed E-state index contributed by atoms with van der Waals surface area (Å²) in [5.74, 6) is 0.453. The molecule has 17 heavy (non-hydrogen) atoms. The smallest absolute Gasteiger partial charge is 0.0914 e. The van der Waals surface area contributed by atoms with E-state index in [0.29, 0.717) is 12.5 Å². The second kappa shape index (κ2) is 7.82. The molecule has 0 amide bonds. The van der Waals surface area contributed by atoms with Crippen LogP contribution in [0.5, 0.6) is 0 Å². The van der Waals surface area contributed by atoms with Crippen LogP contribution in [0, 0.1) is 5.92 Å². The Bertz CT molecular complexity index is 333. The number of ether oxygens (including phenoxy) is 1. The number of aliphatic hydroxyl groups is 1. The molecule has 1 aromatic rings. The molecule has 2 atom stereocenters. The summed E-state index contributed by atoms with van der Waals surface area (Å²) < 4.78 is 6.04. The molecule has 3 nitrogen and oxygen atoms in total. The van der Waals surface area contributed by atoms with Crippen LogP contribution in [0.3, 0.4) is 0 Å². The molecule has 0 bridgehead atoms. The lowest BCUT2D eigenvalue weighted by Crippen LogP contribution is -2.28. The second-order valence-corrected chi connectivity index (χ2v) is 5.21. The Hall–Kier alpha value is -0.420. The summed E-state index contributed by atoms with van der Waals surface area (Å²) in [5.41, 5.74) is 0.922. The van der Waals surface area contributed by atoms with Crippen LogP contribution >= 0.6 is 15.9 Å². The molecule has 96 valence electrons. The first-order valence-electron chi connectivity index (χ1n) is 5.76. The average Bonchev–Trinajstić information content (AvgIpc) is 2.29. The van der Waals surface area contributed by atoms with Crippen molar-refractivity contribution < 1.29 is 9.84 Å². The molecule has 0 spiro atoms. The van der Waals surface area contributed by atoms with Gasteiger partial charge in [-0.1, -0.05) is 35.0 Å². The topological polar surface area (TPSA) is 41.5 Å². The van der Waals surface area contributed by atoms with Crippen molar-refractivity contribution >= 4 is 15.9 Å². The van der Waals surface area contributed by atoms with Crippen molar-refractivity contribution in [3.05, 3.63) is 34.3 Å². The van der Waals surface area contributed by atoms with Crippen LogP contribution in [0.4, 0.5) is 0 Å². The zero-order chi connectivity index (χ0) is 12.7. The van der Waals surface area contributed by atoms with E-state index >= 15 is 0 Å². The predicted octanol–water partition coefficient (Wildman–Crippen LogP) is 2.35. The molecular formula is C13H20BrNO2. The molecule has 0 aliphatic rings. The zero-order valence-electron chi connectivity index (χ0n) is 10.3. The molecule has 0 aliphatic heterocycles. The van der Waals surface area contributed by atoms with E-state index in [2.05, 4.69) is 28.2 Å². The Balaban J connectivity index is 2.32. The lowest BCUT2D eigenvalue weighted by atomic mass is 10.1. The van der Waals surface area contributed by atoms with Gasteiger partial charge in [0.05, 0.1) is 6.10 Å². The van der Waals surface area contributed by atoms with E-state index in [9.17, 15) is 5.11 Å². The highest BCUT2D eigenvalue weighted by Crippen LogP contribution is 2.17. The predicted molar refractivity (Wildman–Crippen MR) is 73.0 cm³/mol. The summed E-state index contributed by atoms with van der Waals surface area (Å²) in [7, 11) is 1.70. The van der Waals surface area contributed by atoms with Gasteiger partial charge in [0.2, 0.25) is 0 Å². The fourth-order valence-corrected chi connectivity index (χ4v) is 2.06. The van der Waals surface area contributed by atoms with E-state index < -0.39 is 6.10 Å². The van der Waals surface area contributed by atoms with Gasteiger partial charge in [-0.3, -0.25) is 0 Å². The first kappa shape index (κ1) is 14.6. The SMILES string of the molecule is COCC(C)CNCC(O)c1cccc(Br)c1. The summed E-state index contributed by atoms with van der Waals surface area (Å²) in [6.07, 6.45) is -0.470. The molecule has 0 radical (unpaired) electrons. The van der Waals surface area contributed by atoms with Crippen LogP contribution in [0.15, 0.2) is 28.7 Å². The van der Waals surface area contributed by atoms with Gasteiger partial charge in [0.25, 0.3) is 0 Å². The quantitative estimate of drug-likeness (QED) is 0.812. The van der Waals surface area contributed by atoms with Crippen molar-refractivity contribution in [3.8, 4) is 0 Å². The van der Waals surface area contributed by atoms with Crippen molar-refractivity contribution in [1.29, 1.82) is 0 Å². The summed E-state index contributed by atoms with van der Waals surface area (Å²) in [6.45, 7) is 4.26. The van der Waals surface area contributed by atoms with E-state index in [1.54, 1.807) is 7.11 Å². The Morgan fingerprint density at radius 3 is 2.82 bits per heavy atom. The summed E-state index contributed by atoms with van der Waals surface area (Å²) in [5, 5.41) is 13.2. The number of nitrogens with one attached hydrogen (secondary N) is 1. The molecule has 2 unspecified atom stereocenters. The maximum absolute atomic E-state index is 9.97. The van der Waals surface area contributed by atoms with E-state index in [4.69, 9.17) is 4.74 Å². The first-order valence-corrected chi connectivity index (χ1v) is 6.56. The standard InChI is InChI=1S/C13H20BrNO2/c1-10(9-17-2)7-15-8-13(16)11-4-3-5-12(14)6-11/h3-6,10,13,15-16H,7-9H2,1-2H3. The monoisotopic (exact) mass is 301 g/mol. The number of hydrogen-bond donors (Lipinski definition) is 2. The minimum atomic E-state index is -0.470. The van der Waals surface area contributed by atoms with Gasteiger partial charge in [-0.25, -0.2) is 0 Å². The van der Waals surface area contributed by atoms with Crippen molar-refractivity contribution in [3.63, 3.8) is 0 Å². The van der Waals surface area contributed by atoms with E-state index in [1.165, 1.54) is 0 Å². The van der Waals surface area contributed by atoms with Gasteiger partial charge in [0, 0.05) is 31.3 Å². The Kier molecular flexibility index (Phi) is 6.73. The molecule has 1 rings (SSSR count). The largest absolute Gasteiger partial charge is 0.387 e. The Labute approximate surface area is 111 Å². The first-order chi connectivity index (χ1) is 8.13. The molecule has 0 saturated heterocycles. The van der Waals surface area contributed by atoms with E-state index in [1.807, 2.05) is 24.3 Å². The molecule has 2 N–H and O–H groups in total. The third-order valence-electron chi connectivity index (χ3n) is 2.52. The number of hydrogen-bond acceptors (Lipinski definition) is 3. The fraction of sp³-hybridized carbons (Fsp3) is 0.538. The van der Waals surface area contributed by atoms with Gasteiger partial charge in [-0.15, -0.1) is 0 Å². The van der Waals surface area contributed by atoms with Gasteiger partial charge >= 0.3 is 0 Å². The number of rotatable bonds is 7. The molecule has 0 saturated carbocycles. The fourth-order valence-electron chi connectivity index (χ4n) is 1.64. The number of halogens is 1. The van der Waals surface area contributed by atoms with Crippen LogP contribution in [0.2, 0.25) is 0 Å². The van der Waals surface area contributed by atoms with Gasteiger partial charge in [-0.2, -0.15) is 0 Å². The van der Waals surface area contributed by atoms with Crippen LogP contribution in [-0.2, 0) is 4.74 Å². The zero-order valence-corrected chi connectivity index (χ0v) is 11.9. The highest BCUT2D eigenvalue weighted by Gasteiger charge is 2.08. The van der Waals surface area contributed by atoms with Crippen LogP contribution in [0.1, 0.15) is 18.6 Å². The van der Waals surface area contributed by atoms with Crippen LogP contribution < -0.4 is 5.32 Å². The van der Waals surface area contributed by atoms with Gasteiger partial charge < -0.3 is 15.2 Å². The summed E-state index contributed by atoms with van der Waals surface area (Å²) >= 11 is 3.39. The Morgan fingerprint density at radius 1 is 1.41 bits per heavy atom. The number of benzene rings is 1. The molecule has 1 aromatic carbocycles. The normalized spacial score (nSPS) is 14.6. The Morgan fingerprint density at radius 2 is 2.18 bits per heavy atom. The second-order valence-electron chi connectivity index (χ2n) is 4.29. The van der Waals surface area contributed by atoms with Crippen molar-refractivity contribution in [2.24, 2.45) is 5.92 Å². The van der Waals surface area contributed by atoms with Crippen LogP contribution in [-0.4, -0.2) is 31.9 Å². The van der Waals surface area contributed by atoms with Gasteiger partial charge in [0.15, 0.2) is 0 Å². The third-order valence-corrected chi connectivity index (χ3v) is 3.01. The molecular weight excluding hydrogens is 282 g/mol. The number of methoxy groups -OCH3 is 1. The number of aliphatic hydroxyl groups excluding tert-OH is 1. The minimum absolute atomic E-state index is 0.453. The highest BCUT2D eigenvalue weighted by atomic mass is 79.9. The molecule has 0 aliphatic carbocycles. The maximum Gasteiger partial charge on any atom is 0.0914 e. The maximum atomic E-state index is 9.97. The molecule has 4 heteroatoms. The molecule has 0 aromatic heterocycles. The van der Waals surface area contributed by atoms with Crippen molar-refractivity contribution in [2.75, 3.05) is 26.8 Å². The van der Waals surface area contributed by atoms with E-state index in [0.717, 1.165) is 23.2 Å². The average molecular weight is 302 g/mol. The highest BCUT2D eigenvalue weighted by molar-refractivity contribution is 9.10. The van der Waals surface area contributed by atoms with E-state index in [-0.39, 0.29) is 0 Å². The van der Waals surface area contributed by atoms with Crippen molar-refractivity contribution in [1.82, 2.24) is 5.32 Å². The molecule has 0 fully saturated rings. The summed E-state index contributed by atoms with van der Waals surface area (Å²) in [6, 6.07) is 7.74. The van der Waals surface area contributed by atoms with Gasteiger partial charge in [-0.05, 0) is 23.6 Å². The minimum Gasteiger partial charge on any atom is -0.387 e. The lowest BCUT2D eigenvalue weighted by molar-refractivity contribution is 0.147. The van der Waals surface area contributed by atoms with Gasteiger partial charge in [0.1, 0.15) is 0 Å². The van der Waals surface area contributed by atoms with Crippen molar-refractivity contribution in [2.45, 2.75) is 13.0 Å². The van der Waals surface area contributed by atoms with Crippen LogP contribution in [0.25, 0.3) is 0 Å². The lowest BCUT2D eigenvalue weighted by Gasteiger charge is -2.15. The molecule has 0 heterocycles. The third kappa shape index (κ3) is 5.64.